The normalized spacial score (nSPS) is 24.2. The lowest BCUT2D eigenvalue weighted by Crippen LogP contribution is -2.51. The molecule has 0 saturated carbocycles. The van der Waals surface area contributed by atoms with E-state index in [4.69, 9.17) is 14.6 Å². The van der Waals surface area contributed by atoms with E-state index < -0.39 is 17.8 Å². The third-order valence-corrected chi connectivity index (χ3v) is 5.14. The van der Waals surface area contributed by atoms with E-state index in [-0.39, 0.29) is 12.0 Å². The molecule has 0 aliphatic carbocycles. The number of hydrogen-bond acceptors (Lipinski definition) is 4. The Morgan fingerprint density at radius 3 is 2.64 bits per heavy atom. The van der Waals surface area contributed by atoms with Gasteiger partial charge in [0.15, 0.2) is 0 Å². The Morgan fingerprint density at radius 2 is 1.96 bits per heavy atom. The van der Waals surface area contributed by atoms with Crippen molar-refractivity contribution in [2.24, 2.45) is 5.92 Å². The molecule has 156 valence electrons. The molecule has 2 unspecified atom stereocenters. The van der Waals surface area contributed by atoms with E-state index in [0.29, 0.717) is 38.6 Å². The number of halogens is 3. The lowest BCUT2D eigenvalue weighted by molar-refractivity contribution is -0.137. The fourth-order valence-electron chi connectivity index (χ4n) is 3.70. The predicted octanol–water partition coefficient (Wildman–Crippen LogP) is 3.18. The molecule has 0 spiro atoms. The second kappa shape index (κ2) is 9.00. The van der Waals surface area contributed by atoms with Gasteiger partial charge in [0, 0.05) is 25.6 Å². The van der Waals surface area contributed by atoms with E-state index in [1.165, 1.54) is 17.0 Å². The first-order valence-electron chi connectivity index (χ1n) is 9.43. The smallest absolute Gasteiger partial charge is 0.416 e. The van der Waals surface area contributed by atoms with E-state index >= 15 is 0 Å². The highest BCUT2D eigenvalue weighted by molar-refractivity contribution is 5.65. The third-order valence-electron chi connectivity index (χ3n) is 5.14. The quantitative estimate of drug-likeness (QED) is 0.820. The van der Waals surface area contributed by atoms with Crippen LogP contribution < -0.4 is 4.74 Å². The maximum Gasteiger partial charge on any atom is 0.416 e. The van der Waals surface area contributed by atoms with Gasteiger partial charge in [-0.2, -0.15) is 13.2 Å². The molecular formula is C19H25F3N2O4. The second-order valence-electron chi connectivity index (χ2n) is 7.32. The minimum Gasteiger partial charge on any atom is -0.493 e. The van der Waals surface area contributed by atoms with Gasteiger partial charge in [-0.25, -0.2) is 4.79 Å². The highest BCUT2D eigenvalue weighted by atomic mass is 19.4. The molecule has 0 radical (unpaired) electrons. The number of carbonyl (C=O) groups is 1. The number of likely N-dealkylation sites (tertiary alicyclic amines) is 1. The lowest BCUT2D eigenvalue weighted by Gasteiger charge is -2.37. The largest absolute Gasteiger partial charge is 0.493 e. The maximum absolute atomic E-state index is 12.6. The van der Waals surface area contributed by atoms with Crippen LogP contribution in [0.25, 0.3) is 0 Å². The van der Waals surface area contributed by atoms with Crippen molar-refractivity contribution in [3.63, 3.8) is 0 Å². The minimum absolute atomic E-state index is 0.139. The molecule has 1 amide bonds. The van der Waals surface area contributed by atoms with Crippen LogP contribution in [0.1, 0.15) is 18.4 Å². The fourth-order valence-corrected chi connectivity index (χ4v) is 3.70. The molecular weight excluding hydrogens is 377 g/mol. The molecule has 0 bridgehead atoms. The lowest BCUT2D eigenvalue weighted by atomic mass is 9.98. The molecule has 2 aliphatic rings. The zero-order valence-electron chi connectivity index (χ0n) is 15.5. The van der Waals surface area contributed by atoms with Crippen molar-refractivity contribution in [1.82, 2.24) is 9.80 Å². The van der Waals surface area contributed by atoms with E-state index in [1.807, 2.05) is 0 Å². The highest BCUT2D eigenvalue weighted by Gasteiger charge is 2.30. The van der Waals surface area contributed by atoms with E-state index in [2.05, 4.69) is 4.90 Å². The van der Waals surface area contributed by atoms with Crippen LogP contribution in [-0.2, 0) is 10.9 Å². The number of hydrogen-bond donors (Lipinski definition) is 1. The van der Waals surface area contributed by atoms with E-state index in [1.54, 1.807) is 0 Å². The van der Waals surface area contributed by atoms with Crippen molar-refractivity contribution in [1.29, 1.82) is 0 Å². The summed E-state index contributed by atoms with van der Waals surface area (Å²) in [5.41, 5.74) is -0.688. The Balaban J connectivity index is 1.45. The summed E-state index contributed by atoms with van der Waals surface area (Å²) < 4.78 is 49.2. The van der Waals surface area contributed by atoms with Gasteiger partial charge < -0.3 is 24.4 Å². The molecule has 2 saturated heterocycles. The first kappa shape index (κ1) is 20.7. The molecule has 2 heterocycles. The average molecular weight is 402 g/mol. The van der Waals surface area contributed by atoms with Crippen molar-refractivity contribution in [2.45, 2.75) is 25.1 Å². The van der Waals surface area contributed by atoms with Crippen LogP contribution in [-0.4, -0.2) is 73.0 Å². The van der Waals surface area contributed by atoms with Crippen molar-refractivity contribution in [3.8, 4) is 5.75 Å². The standard InChI is InChI=1S/C19H25F3N2O4/c20-19(21,22)15-3-5-16(6-4-15)28-13-14-2-1-7-23(10-14)11-17-12-24(18(25)26)8-9-27-17/h3-6,14,17H,1-2,7-13H2,(H,25,26). The molecule has 2 atom stereocenters. The molecule has 9 heteroatoms. The molecule has 2 fully saturated rings. The molecule has 1 aromatic carbocycles. The number of rotatable bonds is 5. The topological polar surface area (TPSA) is 62.2 Å². The van der Waals surface area contributed by atoms with Gasteiger partial charge in [-0.05, 0) is 43.7 Å². The minimum atomic E-state index is -4.35. The second-order valence-corrected chi connectivity index (χ2v) is 7.32. The summed E-state index contributed by atoms with van der Waals surface area (Å²) in [5.74, 6) is 0.702. The summed E-state index contributed by atoms with van der Waals surface area (Å²) in [6, 6.07) is 4.74. The molecule has 1 N–H and O–H groups in total. The number of piperidine rings is 1. The summed E-state index contributed by atoms with van der Waals surface area (Å²) in [7, 11) is 0. The molecule has 2 aliphatic heterocycles. The predicted molar refractivity (Wildman–Crippen MR) is 95.4 cm³/mol. The zero-order chi connectivity index (χ0) is 20.1. The van der Waals surface area contributed by atoms with Gasteiger partial charge in [0.25, 0.3) is 0 Å². The fraction of sp³-hybridized carbons (Fsp3) is 0.632. The van der Waals surface area contributed by atoms with Crippen molar-refractivity contribution >= 4 is 6.09 Å². The van der Waals surface area contributed by atoms with E-state index in [9.17, 15) is 18.0 Å². The number of alkyl halides is 3. The van der Waals surface area contributed by atoms with Gasteiger partial charge in [0.2, 0.25) is 0 Å². The number of carboxylic acid groups (broad SMARTS) is 1. The summed E-state index contributed by atoms with van der Waals surface area (Å²) in [5, 5.41) is 9.12. The monoisotopic (exact) mass is 402 g/mol. The van der Waals surface area contributed by atoms with Crippen molar-refractivity contribution in [3.05, 3.63) is 29.8 Å². The van der Waals surface area contributed by atoms with Gasteiger partial charge in [0.05, 0.1) is 31.4 Å². The summed E-state index contributed by atoms with van der Waals surface area (Å²) in [4.78, 5) is 14.7. The number of nitrogens with zero attached hydrogens (tertiary/aromatic N) is 2. The van der Waals surface area contributed by atoms with Crippen LogP contribution >= 0.6 is 0 Å². The van der Waals surface area contributed by atoms with Crippen LogP contribution in [0.4, 0.5) is 18.0 Å². The SMILES string of the molecule is O=C(O)N1CCOC(CN2CCCC(COc3ccc(C(F)(F)F)cc3)C2)C1. The van der Waals surface area contributed by atoms with E-state index in [0.717, 1.165) is 38.1 Å². The van der Waals surface area contributed by atoms with Gasteiger partial charge >= 0.3 is 12.3 Å². The van der Waals surface area contributed by atoms with Gasteiger partial charge in [-0.3, -0.25) is 0 Å². The number of amides is 1. The number of benzene rings is 1. The summed E-state index contributed by atoms with van der Waals surface area (Å²) in [6.07, 6.45) is -3.42. The van der Waals surface area contributed by atoms with Crippen LogP contribution in [0, 0.1) is 5.92 Å². The Bertz CT molecular complexity index is 654. The summed E-state index contributed by atoms with van der Waals surface area (Å²) >= 11 is 0. The number of morpholine rings is 1. The molecule has 1 aromatic rings. The molecule has 3 rings (SSSR count). The summed E-state index contributed by atoms with van der Waals surface area (Å²) in [6.45, 7) is 4.01. The Hall–Kier alpha value is -2.00. The molecule has 28 heavy (non-hydrogen) atoms. The van der Waals surface area contributed by atoms with Gasteiger partial charge in [0.1, 0.15) is 5.75 Å². The Morgan fingerprint density at radius 1 is 1.21 bits per heavy atom. The van der Waals surface area contributed by atoms with Gasteiger partial charge in [-0.1, -0.05) is 0 Å². The third kappa shape index (κ3) is 5.75. The van der Waals surface area contributed by atoms with Crippen molar-refractivity contribution in [2.75, 3.05) is 45.9 Å². The van der Waals surface area contributed by atoms with Crippen LogP contribution in [0.5, 0.6) is 5.75 Å². The van der Waals surface area contributed by atoms with Crippen LogP contribution in [0.3, 0.4) is 0 Å². The van der Waals surface area contributed by atoms with Crippen LogP contribution in [0.15, 0.2) is 24.3 Å². The molecule has 0 aromatic heterocycles. The molecule has 6 nitrogen and oxygen atoms in total. The highest BCUT2D eigenvalue weighted by Crippen LogP contribution is 2.30. The Kier molecular flexibility index (Phi) is 6.66. The first-order chi connectivity index (χ1) is 13.3. The first-order valence-corrected chi connectivity index (χ1v) is 9.43. The van der Waals surface area contributed by atoms with Gasteiger partial charge in [-0.15, -0.1) is 0 Å². The zero-order valence-corrected chi connectivity index (χ0v) is 15.5. The average Bonchev–Trinajstić information content (AvgIpc) is 2.66. The number of ether oxygens (including phenoxy) is 2. The maximum atomic E-state index is 12.6. The van der Waals surface area contributed by atoms with Crippen molar-refractivity contribution < 1.29 is 32.5 Å². The van der Waals surface area contributed by atoms with Crippen LogP contribution in [0.2, 0.25) is 0 Å². The Labute approximate surface area is 161 Å².